The van der Waals surface area contributed by atoms with Crippen molar-refractivity contribution >= 4 is 18.3 Å². The molecule has 0 spiro atoms. The van der Waals surface area contributed by atoms with E-state index in [-0.39, 0.29) is 18.3 Å². The number of nitrogens with one attached hydrogen (secondary N) is 1. The fourth-order valence-corrected chi connectivity index (χ4v) is 0.388. The number of rotatable bonds is 2. The number of hydrogen-bond donors (Lipinski definition) is 2. The SMILES string of the molecule is CCNC(=O)C(C)(C)N.Cl. The van der Waals surface area contributed by atoms with Gasteiger partial charge in [-0.2, -0.15) is 0 Å². The molecule has 0 aromatic rings. The van der Waals surface area contributed by atoms with E-state index in [4.69, 9.17) is 5.73 Å². The van der Waals surface area contributed by atoms with Gasteiger partial charge in [0.1, 0.15) is 0 Å². The van der Waals surface area contributed by atoms with Crippen LogP contribution in [0.1, 0.15) is 20.8 Å². The quantitative estimate of drug-likeness (QED) is 0.620. The Morgan fingerprint density at radius 3 is 2.10 bits per heavy atom. The molecule has 0 bridgehead atoms. The van der Waals surface area contributed by atoms with Crippen LogP contribution in [0.15, 0.2) is 0 Å². The number of halogens is 1. The Labute approximate surface area is 67.8 Å². The van der Waals surface area contributed by atoms with Gasteiger partial charge in [-0.25, -0.2) is 0 Å². The number of carbonyl (C=O) groups is 1. The van der Waals surface area contributed by atoms with Gasteiger partial charge in [-0.15, -0.1) is 12.4 Å². The van der Waals surface area contributed by atoms with Crippen molar-refractivity contribution < 1.29 is 4.79 Å². The van der Waals surface area contributed by atoms with Crippen LogP contribution in [0.5, 0.6) is 0 Å². The molecule has 0 radical (unpaired) electrons. The van der Waals surface area contributed by atoms with E-state index in [0.29, 0.717) is 6.54 Å². The van der Waals surface area contributed by atoms with E-state index in [0.717, 1.165) is 0 Å². The van der Waals surface area contributed by atoms with Crippen molar-refractivity contribution in [2.24, 2.45) is 5.73 Å². The van der Waals surface area contributed by atoms with Crippen molar-refractivity contribution in [3.63, 3.8) is 0 Å². The van der Waals surface area contributed by atoms with E-state index >= 15 is 0 Å². The Kier molecular flexibility index (Phi) is 5.61. The van der Waals surface area contributed by atoms with E-state index in [1.807, 2.05) is 6.92 Å². The van der Waals surface area contributed by atoms with E-state index in [9.17, 15) is 4.79 Å². The molecule has 0 aromatic heterocycles. The first-order chi connectivity index (χ1) is 3.98. The normalized spacial score (nSPS) is 10.0. The molecule has 0 saturated carbocycles. The van der Waals surface area contributed by atoms with E-state index in [1.54, 1.807) is 13.8 Å². The van der Waals surface area contributed by atoms with Crippen LogP contribution < -0.4 is 11.1 Å². The molecule has 0 unspecified atom stereocenters. The average Bonchev–Trinajstić information content (AvgIpc) is 1.64. The molecule has 0 heterocycles. The van der Waals surface area contributed by atoms with Crippen molar-refractivity contribution in [1.82, 2.24) is 5.32 Å². The average molecular weight is 167 g/mol. The highest BCUT2D eigenvalue weighted by atomic mass is 35.5. The summed E-state index contributed by atoms with van der Waals surface area (Å²) in [6.07, 6.45) is 0. The van der Waals surface area contributed by atoms with Crippen molar-refractivity contribution in [2.45, 2.75) is 26.3 Å². The number of likely N-dealkylation sites (N-methyl/N-ethyl adjacent to an activating group) is 1. The van der Waals surface area contributed by atoms with Crippen molar-refractivity contribution in [3.05, 3.63) is 0 Å². The molecule has 0 rings (SSSR count). The Hall–Kier alpha value is -0.280. The second-order valence-electron chi connectivity index (χ2n) is 2.58. The summed E-state index contributed by atoms with van der Waals surface area (Å²) in [5, 5.41) is 2.62. The molecule has 62 valence electrons. The third-order valence-electron chi connectivity index (χ3n) is 0.923. The fourth-order valence-electron chi connectivity index (χ4n) is 0.388. The molecular weight excluding hydrogens is 152 g/mol. The summed E-state index contributed by atoms with van der Waals surface area (Å²) in [6, 6.07) is 0. The minimum absolute atomic E-state index is 0. The first kappa shape index (κ1) is 12.4. The fraction of sp³-hybridized carbons (Fsp3) is 0.833. The third-order valence-corrected chi connectivity index (χ3v) is 0.923. The van der Waals surface area contributed by atoms with Gasteiger partial charge in [0.15, 0.2) is 0 Å². The van der Waals surface area contributed by atoms with Gasteiger partial charge in [0.05, 0.1) is 5.54 Å². The summed E-state index contributed by atoms with van der Waals surface area (Å²) in [5.41, 5.74) is 4.71. The molecule has 3 N–H and O–H groups in total. The lowest BCUT2D eigenvalue weighted by molar-refractivity contribution is -0.125. The third kappa shape index (κ3) is 4.58. The smallest absolute Gasteiger partial charge is 0.239 e. The topological polar surface area (TPSA) is 55.1 Å². The molecule has 0 fully saturated rings. The monoisotopic (exact) mass is 166 g/mol. The molecule has 0 aliphatic rings. The Balaban J connectivity index is 0. The van der Waals surface area contributed by atoms with E-state index in [2.05, 4.69) is 5.32 Å². The summed E-state index contributed by atoms with van der Waals surface area (Å²) < 4.78 is 0. The van der Waals surface area contributed by atoms with Crippen LogP contribution in [0, 0.1) is 0 Å². The largest absolute Gasteiger partial charge is 0.355 e. The van der Waals surface area contributed by atoms with Crippen molar-refractivity contribution in [2.75, 3.05) is 6.54 Å². The maximum absolute atomic E-state index is 10.8. The second-order valence-corrected chi connectivity index (χ2v) is 2.58. The summed E-state index contributed by atoms with van der Waals surface area (Å²) in [4.78, 5) is 10.8. The molecule has 0 saturated heterocycles. The predicted octanol–water partition coefficient (Wildman–Crippen LogP) is 0.282. The maximum Gasteiger partial charge on any atom is 0.239 e. The Bertz CT molecular complexity index is 109. The lowest BCUT2D eigenvalue weighted by atomic mass is 10.1. The Morgan fingerprint density at radius 1 is 1.60 bits per heavy atom. The molecule has 10 heavy (non-hydrogen) atoms. The summed E-state index contributed by atoms with van der Waals surface area (Å²) >= 11 is 0. The molecule has 0 aliphatic carbocycles. The van der Waals surface area contributed by atoms with Crippen molar-refractivity contribution in [1.29, 1.82) is 0 Å². The van der Waals surface area contributed by atoms with Gasteiger partial charge in [0, 0.05) is 6.54 Å². The summed E-state index contributed by atoms with van der Waals surface area (Å²) in [7, 11) is 0. The second kappa shape index (κ2) is 4.52. The standard InChI is InChI=1S/C6H14N2O.ClH/c1-4-8-5(9)6(2,3)7;/h4,7H2,1-3H3,(H,8,9);1H. The van der Waals surface area contributed by atoms with Gasteiger partial charge in [-0.1, -0.05) is 0 Å². The van der Waals surface area contributed by atoms with Gasteiger partial charge in [-0.3, -0.25) is 4.79 Å². The zero-order chi connectivity index (χ0) is 7.49. The number of hydrogen-bond acceptors (Lipinski definition) is 2. The highest BCUT2D eigenvalue weighted by Gasteiger charge is 2.19. The van der Waals surface area contributed by atoms with Gasteiger partial charge in [0.2, 0.25) is 5.91 Å². The lowest BCUT2D eigenvalue weighted by Crippen LogP contribution is -2.48. The lowest BCUT2D eigenvalue weighted by Gasteiger charge is -2.16. The predicted molar refractivity (Wildman–Crippen MR) is 44.2 cm³/mol. The number of nitrogens with two attached hydrogens (primary N) is 1. The minimum Gasteiger partial charge on any atom is -0.355 e. The molecular formula is C6H15ClN2O. The van der Waals surface area contributed by atoms with E-state index in [1.165, 1.54) is 0 Å². The Morgan fingerprint density at radius 2 is 2.00 bits per heavy atom. The first-order valence-electron chi connectivity index (χ1n) is 3.05. The van der Waals surface area contributed by atoms with Gasteiger partial charge >= 0.3 is 0 Å². The highest BCUT2D eigenvalue weighted by Crippen LogP contribution is 1.94. The first-order valence-corrected chi connectivity index (χ1v) is 3.05. The molecule has 4 heteroatoms. The van der Waals surface area contributed by atoms with Crippen LogP contribution in [0.2, 0.25) is 0 Å². The van der Waals surface area contributed by atoms with Crippen molar-refractivity contribution in [3.8, 4) is 0 Å². The van der Waals surface area contributed by atoms with Gasteiger partial charge in [0.25, 0.3) is 0 Å². The number of carbonyl (C=O) groups excluding carboxylic acids is 1. The molecule has 0 atom stereocenters. The maximum atomic E-state index is 10.8. The van der Waals surface area contributed by atoms with Crippen LogP contribution in [0.25, 0.3) is 0 Å². The molecule has 1 amide bonds. The zero-order valence-corrected chi connectivity index (χ0v) is 7.42. The van der Waals surface area contributed by atoms with Gasteiger partial charge < -0.3 is 11.1 Å². The summed E-state index contributed by atoms with van der Waals surface area (Å²) in [5.74, 6) is -0.106. The van der Waals surface area contributed by atoms with Gasteiger partial charge in [-0.05, 0) is 20.8 Å². The summed E-state index contributed by atoms with van der Waals surface area (Å²) in [6.45, 7) is 5.86. The van der Waals surface area contributed by atoms with Crippen LogP contribution in [-0.2, 0) is 4.79 Å². The highest BCUT2D eigenvalue weighted by molar-refractivity contribution is 5.85. The molecule has 0 aliphatic heterocycles. The van der Waals surface area contributed by atoms with Crippen LogP contribution in [0.4, 0.5) is 0 Å². The molecule has 0 aromatic carbocycles. The number of amides is 1. The van der Waals surface area contributed by atoms with E-state index < -0.39 is 5.54 Å². The molecule has 3 nitrogen and oxygen atoms in total. The van der Waals surface area contributed by atoms with Crippen LogP contribution in [0.3, 0.4) is 0 Å². The zero-order valence-electron chi connectivity index (χ0n) is 6.60. The van der Waals surface area contributed by atoms with Crippen LogP contribution in [-0.4, -0.2) is 18.0 Å². The minimum atomic E-state index is -0.740. The van der Waals surface area contributed by atoms with Crippen LogP contribution >= 0.6 is 12.4 Å².